The van der Waals surface area contributed by atoms with Crippen LogP contribution in [0.1, 0.15) is 38.5 Å². The van der Waals surface area contributed by atoms with Gasteiger partial charge in [0.1, 0.15) is 0 Å². The molecule has 1 aliphatic carbocycles. The minimum Gasteiger partial charge on any atom is -0.465 e. The summed E-state index contributed by atoms with van der Waals surface area (Å²) in [4.78, 5) is 12.4. The summed E-state index contributed by atoms with van der Waals surface area (Å²) in [6.45, 7) is 1.37. The summed E-state index contributed by atoms with van der Waals surface area (Å²) in [6, 6.07) is -0.146. The summed E-state index contributed by atoms with van der Waals surface area (Å²) < 4.78 is 32.7. The van der Waals surface area contributed by atoms with E-state index in [0.29, 0.717) is 38.5 Å². The van der Waals surface area contributed by atoms with Gasteiger partial charge in [0.2, 0.25) is 10.0 Å². The number of nitrogens with one attached hydrogen (secondary N) is 1. The van der Waals surface area contributed by atoms with Crippen LogP contribution in [0.5, 0.6) is 0 Å². The number of ether oxygens (including phenoxy) is 1. The summed E-state index contributed by atoms with van der Waals surface area (Å²) >= 11 is 0. The van der Waals surface area contributed by atoms with Gasteiger partial charge in [-0.25, -0.2) is 17.9 Å². The fourth-order valence-corrected chi connectivity index (χ4v) is 5.10. The highest BCUT2D eigenvalue weighted by Gasteiger charge is 2.41. The number of hydrogen-bond acceptors (Lipinski definition) is 4. The second-order valence-electron chi connectivity index (χ2n) is 6.84. The predicted molar refractivity (Wildman–Crippen MR) is 80.2 cm³/mol. The molecule has 126 valence electrons. The van der Waals surface area contributed by atoms with E-state index in [2.05, 4.69) is 4.72 Å². The maximum atomic E-state index is 12.0. The van der Waals surface area contributed by atoms with Crippen LogP contribution < -0.4 is 4.72 Å². The van der Waals surface area contributed by atoms with Gasteiger partial charge in [-0.15, -0.1) is 0 Å². The van der Waals surface area contributed by atoms with E-state index in [-0.39, 0.29) is 17.4 Å². The first-order chi connectivity index (χ1) is 10.4. The molecule has 3 fully saturated rings. The van der Waals surface area contributed by atoms with E-state index in [0.717, 1.165) is 25.7 Å². The molecule has 3 rings (SSSR count). The summed E-state index contributed by atoms with van der Waals surface area (Å²) in [5.74, 6) is 0.580. The molecule has 0 aromatic carbocycles. The van der Waals surface area contributed by atoms with E-state index >= 15 is 0 Å². The van der Waals surface area contributed by atoms with Gasteiger partial charge < -0.3 is 14.7 Å². The number of rotatable bonds is 4. The lowest BCUT2D eigenvalue weighted by atomic mass is 9.83. The van der Waals surface area contributed by atoms with Crippen LogP contribution in [0.25, 0.3) is 0 Å². The normalized spacial score (nSPS) is 28.7. The zero-order valence-electron chi connectivity index (χ0n) is 12.7. The van der Waals surface area contributed by atoms with Crippen molar-refractivity contribution in [3.63, 3.8) is 0 Å². The lowest BCUT2D eigenvalue weighted by molar-refractivity contribution is -0.115. The van der Waals surface area contributed by atoms with Crippen molar-refractivity contribution >= 4 is 16.1 Å². The van der Waals surface area contributed by atoms with Crippen LogP contribution in [0.2, 0.25) is 0 Å². The topological polar surface area (TPSA) is 95.9 Å². The summed E-state index contributed by atoms with van der Waals surface area (Å²) in [6.07, 6.45) is 4.10. The van der Waals surface area contributed by atoms with Gasteiger partial charge in [0, 0.05) is 19.1 Å². The minimum atomic E-state index is -3.20. The third-order valence-electron chi connectivity index (χ3n) is 4.98. The largest absolute Gasteiger partial charge is 0.465 e. The average Bonchev–Trinajstić information content (AvgIpc) is 3.25. The molecule has 3 aliphatic rings. The maximum Gasteiger partial charge on any atom is 0.407 e. The van der Waals surface area contributed by atoms with Gasteiger partial charge in [-0.2, -0.15) is 0 Å². The first-order valence-electron chi connectivity index (χ1n) is 7.99. The molecule has 2 N–H and O–H groups in total. The van der Waals surface area contributed by atoms with Crippen molar-refractivity contribution in [3.05, 3.63) is 0 Å². The highest BCUT2D eigenvalue weighted by Crippen LogP contribution is 2.35. The molecular weight excluding hydrogens is 308 g/mol. The fourth-order valence-electron chi connectivity index (χ4n) is 3.36. The quantitative estimate of drug-likeness (QED) is 0.801. The molecule has 0 radical (unpaired) electrons. The van der Waals surface area contributed by atoms with Gasteiger partial charge in [-0.05, 0) is 44.4 Å². The molecule has 22 heavy (non-hydrogen) atoms. The molecule has 0 aromatic rings. The Morgan fingerprint density at radius 1 is 1.23 bits per heavy atom. The highest BCUT2D eigenvalue weighted by atomic mass is 32.2. The highest BCUT2D eigenvalue weighted by molar-refractivity contribution is 7.89. The van der Waals surface area contributed by atoms with Crippen LogP contribution in [0, 0.1) is 5.92 Å². The molecule has 2 aliphatic heterocycles. The Kier molecular flexibility index (Phi) is 4.35. The van der Waals surface area contributed by atoms with Gasteiger partial charge in [0.25, 0.3) is 0 Å². The van der Waals surface area contributed by atoms with E-state index in [4.69, 9.17) is 9.84 Å². The van der Waals surface area contributed by atoms with E-state index in [1.165, 1.54) is 4.90 Å². The minimum absolute atomic E-state index is 0.146. The summed E-state index contributed by atoms with van der Waals surface area (Å²) in [5, 5.41) is 8.98. The Labute approximate surface area is 131 Å². The maximum absolute atomic E-state index is 12.0. The van der Waals surface area contributed by atoms with E-state index in [1.54, 1.807) is 0 Å². The van der Waals surface area contributed by atoms with Crippen molar-refractivity contribution < 1.29 is 23.1 Å². The molecule has 1 atom stereocenters. The Hall–Kier alpha value is -0.860. The fraction of sp³-hybridized carbons (Fsp3) is 0.929. The molecule has 2 heterocycles. The second kappa shape index (κ2) is 5.98. The van der Waals surface area contributed by atoms with Crippen LogP contribution in [-0.4, -0.2) is 61.6 Å². The van der Waals surface area contributed by atoms with Crippen LogP contribution in [0.3, 0.4) is 0 Å². The van der Waals surface area contributed by atoms with Crippen LogP contribution in [0.4, 0.5) is 4.79 Å². The monoisotopic (exact) mass is 332 g/mol. The number of sulfonamides is 1. The number of amides is 1. The van der Waals surface area contributed by atoms with Gasteiger partial charge >= 0.3 is 6.09 Å². The van der Waals surface area contributed by atoms with Crippen LogP contribution in [-0.2, 0) is 14.8 Å². The number of carboxylic acid groups (broad SMARTS) is 1. The third kappa shape index (κ3) is 3.91. The van der Waals surface area contributed by atoms with E-state index < -0.39 is 16.1 Å². The average molecular weight is 332 g/mol. The van der Waals surface area contributed by atoms with Crippen molar-refractivity contribution in [2.24, 2.45) is 5.92 Å². The van der Waals surface area contributed by atoms with Crippen molar-refractivity contribution in [1.82, 2.24) is 9.62 Å². The van der Waals surface area contributed by atoms with Gasteiger partial charge in [0.05, 0.1) is 18.0 Å². The number of piperidine rings is 1. The first kappa shape index (κ1) is 16.0. The molecule has 1 saturated carbocycles. The Morgan fingerprint density at radius 3 is 2.41 bits per heavy atom. The molecule has 0 bridgehead atoms. The van der Waals surface area contributed by atoms with Crippen molar-refractivity contribution in [2.45, 2.75) is 50.2 Å². The standard InChI is InChI=1S/C14H24N2O5S/c17-13(18)16-7-5-14(6-8-16)4-3-12(9-21-14)15-22(19,20)10-11-1-2-11/h11-12,15H,1-10H2,(H,17,18). The zero-order valence-corrected chi connectivity index (χ0v) is 13.5. The predicted octanol–water partition coefficient (Wildman–Crippen LogP) is 1.01. The second-order valence-corrected chi connectivity index (χ2v) is 8.64. The SMILES string of the molecule is O=C(O)N1CCC2(CCC(NS(=O)(=O)CC3CC3)CO2)CC1. The lowest BCUT2D eigenvalue weighted by Gasteiger charge is -2.45. The smallest absolute Gasteiger partial charge is 0.407 e. The van der Waals surface area contributed by atoms with E-state index in [1.807, 2.05) is 0 Å². The van der Waals surface area contributed by atoms with Gasteiger partial charge in [-0.3, -0.25) is 0 Å². The third-order valence-corrected chi connectivity index (χ3v) is 6.59. The lowest BCUT2D eigenvalue weighted by Crippen LogP contribution is -2.53. The number of hydrogen-bond donors (Lipinski definition) is 2. The molecule has 7 nitrogen and oxygen atoms in total. The molecule has 1 unspecified atom stereocenters. The van der Waals surface area contributed by atoms with Crippen LogP contribution in [0.15, 0.2) is 0 Å². The van der Waals surface area contributed by atoms with Crippen molar-refractivity contribution in [2.75, 3.05) is 25.4 Å². The number of likely N-dealkylation sites (tertiary alicyclic amines) is 1. The Bertz CT molecular complexity index is 513. The summed E-state index contributed by atoms with van der Waals surface area (Å²) in [5.41, 5.74) is -0.260. The van der Waals surface area contributed by atoms with Gasteiger partial charge in [-0.1, -0.05) is 0 Å². The number of carbonyl (C=O) groups is 1. The molecule has 2 saturated heterocycles. The first-order valence-corrected chi connectivity index (χ1v) is 9.65. The zero-order chi connectivity index (χ0) is 15.8. The Balaban J connectivity index is 1.47. The van der Waals surface area contributed by atoms with Gasteiger partial charge in [0.15, 0.2) is 0 Å². The number of nitrogens with zero attached hydrogens (tertiary/aromatic N) is 1. The summed E-state index contributed by atoms with van der Waals surface area (Å²) in [7, 11) is -3.20. The molecular formula is C14H24N2O5S. The molecule has 1 amide bonds. The van der Waals surface area contributed by atoms with Crippen molar-refractivity contribution in [1.29, 1.82) is 0 Å². The molecule has 1 spiro atoms. The van der Waals surface area contributed by atoms with Crippen LogP contribution >= 0.6 is 0 Å². The Morgan fingerprint density at radius 2 is 1.91 bits per heavy atom. The molecule has 8 heteroatoms. The van der Waals surface area contributed by atoms with Crippen molar-refractivity contribution in [3.8, 4) is 0 Å². The molecule has 0 aromatic heterocycles. The van der Waals surface area contributed by atoms with E-state index in [9.17, 15) is 13.2 Å².